The molecule has 0 amide bonds. The van der Waals surface area contributed by atoms with E-state index < -0.39 is 10.0 Å². The molecule has 20 heavy (non-hydrogen) atoms. The Balaban J connectivity index is 2.33. The lowest BCUT2D eigenvalue weighted by molar-refractivity contribution is 0.521. The normalized spacial score (nSPS) is 20.7. The van der Waals surface area contributed by atoms with Crippen LogP contribution in [0.25, 0.3) is 0 Å². The zero-order chi connectivity index (χ0) is 14.8. The van der Waals surface area contributed by atoms with Gasteiger partial charge in [0.1, 0.15) is 0 Å². The van der Waals surface area contributed by atoms with Gasteiger partial charge in [-0.3, -0.25) is 0 Å². The minimum Gasteiger partial charge on any atom is -0.397 e. The second kappa shape index (κ2) is 6.01. The summed E-state index contributed by atoms with van der Waals surface area (Å²) in [4.78, 5) is 2.47. The molecule has 1 aromatic carbocycles. The van der Waals surface area contributed by atoms with Gasteiger partial charge in [0.15, 0.2) is 0 Å². The Hall–Kier alpha value is -1.27. The van der Waals surface area contributed by atoms with Crippen molar-refractivity contribution in [2.75, 3.05) is 30.8 Å². The summed E-state index contributed by atoms with van der Waals surface area (Å²) >= 11 is 0. The number of nitrogens with one attached hydrogen (secondary N) is 1. The van der Waals surface area contributed by atoms with Crippen LogP contribution in [0.2, 0.25) is 0 Å². The predicted molar refractivity (Wildman–Crippen MR) is 82.3 cm³/mol. The molecule has 1 fully saturated rings. The maximum absolute atomic E-state index is 11.9. The van der Waals surface area contributed by atoms with Gasteiger partial charge < -0.3 is 10.6 Å². The van der Waals surface area contributed by atoms with Crippen molar-refractivity contribution in [1.29, 1.82) is 0 Å². The van der Waals surface area contributed by atoms with Gasteiger partial charge in [-0.1, -0.05) is 6.92 Å². The van der Waals surface area contributed by atoms with Gasteiger partial charge in [0, 0.05) is 13.1 Å². The highest BCUT2D eigenvalue weighted by Gasteiger charge is 2.19. The fraction of sp³-hybridized carbons (Fsp3) is 0.571. The van der Waals surface area contributed by atoms with E-state index in [-0.39, 0.29) is 4.90 Å². The molecule has 0 saturated carbocycles. The number of rotatable bonds is 3. The number of nitrogen functional groups attached to an aromatic ring is 1. The van der Waals surface area contributed by atoms with E-state index in [1.165, 1.54) is 13.5 Å². The number of nitrogens with zero attached hydrogens (tertiary/aromatic N) is 1. The van der Waals surface area contributed by atoms with Crippen LogP contribution in [0.5, 0.6) is 0 Å². The first-order chi connectivity index (χ1) is 9.44. The molecule has 0 radical (unpaired) electrons. The number of benzene rings is 1. The highest BCUT2D eigenvalue weighted by Crippen LogP contribution is 2.29. The van der Waals surface area contributed by atoms with E-state index in [0.29, 0.717) is 11.6 Å². The number of hydrogen-bond acceptors (Lipinski definition) is 4. The largest absolute Gasteiger partial charge is 0.397 e. The number of anilines is 2. The summed E-state index contributed by atoms with van der Waals surface area (Å²) in [6.45, 7) is 4.11. The molecule has 1 aromatic rings. The van der Waals surface area contributed by atoms with E-state index in [4.69, 9.17) is 5.73 Å². The first-order valence-electron chi connectivity index (χ1n) is 7.02. The molecule has 0 aromatic heterocycles. The number of hydrogen-bond donors (Lipinski definition) is 2. The van der Waals surface area contributed by atoms with Gasteiger partial charge in [0.05, 0.1) is 16.3 Å². The van der Waals surface area contributed by atoms with Crippen LogP contribution in [0.15, 0.2) is 23.1 Å². The first-order valence-corrected chi connectivity index (χ1v) is 8.50. The summed E-state index contributed by atoms with van der Waals surface area (Å²) in [6, 6.07) is 4.90. The molecule has 2 rings (SSSR count). The third kappa shape index (κ3) is 3.24. The molecule has 1 unspecified atom stereocenters. The number of sulfonamides is 1. The maximum Gasteiger partial charge on any atom is 0.240 e. The van der Waals surface area contributed by atoms with E-state index in [2.05, 4.69) is 16.5 Å². The SMILES string of the molecule is CNS(=O)(=O)c1ccc(N)c(N2CCCC(C)CC2)c1. The lowest BCUT2D eigenvalue weighted by Gasteiger charge is -2.25. The second-order valence-corrected chi connectivity index (χ2v) is 7.34. The van der Waals surface area contributed by atoms with Crippen molar-refractivity contribution in [3.8, 4) is 0 Å². The van der Waals surface area contributed by atoms with E-state index in [0.717, 1.165) is 31.6 Å². The summed E-state index contributed by atoms with van der Waals surface area (Å²) in [5, 5.41) is 0. The van der Waals surface area contributed by atoms with Crippen molar-refractivity contribution in [2.24, 2.45) is 5.92 Å². The highest BCUT2D eigenvalue weighted by molar-refractivity contribution is 7.89. The van der Waals surface area contributed by atoms with E-state index in [1.807, 2.05) is 0 Å². The standard InChI is InChI=1S/C14H23N3O2S/c1-11-4-3-8-17(9-7-11)14-10-12(5-6-13(14)15)20(18,19)16-2/h5-6,10-11,16H,3-4,7-9,15H2,1-2H3. The lowest BCUT2D eigenvalue weighted by atomic mass is 10.0. The minimum atomic E-state index is -3.43. The predicted octanol–water partition coefficient (Wildman–Crippen LogP) is 1.80. The molecular formula is C14H23N3O2S. The van der Waals surface area contributed by atoms with Gasteiger partial charge in [-0.05, 0) is 50.4 Å². The first kappa shape index (κ1) is 15.1. The molecule has 1 heterocycles. The van der Waals surface area contributed by atoms with E-state index >= 15 is 0 Å². The van der Waals surface area contributed by atoms with Crippen LogP contribution < -0.4 is 15.4 Å². The molecule has 0 bridgehead atoms. The van der Waals surface area contributed by atoms with Crippen molar-refractivity contribution in [3.05, 3.63) is 18.2 Å². The summed E-state index contributed by atoms with van der Waals surface area (Å²) in [5.41, 5.74) is 7.50. The Bertz CT molecular complexity index is 572. The molecule has 1 atom stereocenters. The second-order valence-electron chi connectivity index (χ2n) is 5.45. The summed E-state index contributed by atoms with van der Waals surface area (Å²) < 4.78 is 26.1. The van der Waals surface area contributed by atoms with Crippen molar-refractivity contribution < 1.29 is 8.42 Å². The molecule has 6 heteroatoms. The van der Waals surface area contributed by atoms with Gasteiger partial charge in [0.2, 0.25) is 10.0 Å². The van der Waals surface area contributed by atoms with Crippen LogP contribution in [0.1, 0.15) is 26.2 Å². The van der Waals surface area contributed by atoms with E-state index in [9.17, 15) is 8.42 Å². The van der Waals surface area contributed by atoms with Gasteiger partial charge >= 0.3 is 0 Å². The Morgan fingerprint density at radius 3 is 2.75 bits per heavy atom. The Kier molecular flexibility index (Phi) is 4.55. The maximum atomic E-state index is 11.9. The lowest BCUT2D eigenvalue weighted by Crippen LogP contribution is -2.26. The fourth-order valence-electron chi connectivity index (χ4n) is 2.59. The Labute approximate surface area is 121 Å². The molecule has 112 valence electrons. The Morgan fingerprint density at radius 2 is 2.05 bits per heavy atom. The van der Waals surface area contributed by atoms with Crippen LogP contribution in [0.3, 0.4) is 0 Å². The smallest absolute Gasteiger partial charge is 0.240 e. The minimum absolute atomic E-state index is 0.265. The molecular weight excluding hydrogens is 274 g/mol. The Morgan fingerprint density at radius 1 is 1.30 bits per heavy atom. The average Bonchev–Trinajstić information content (AvgIpc) is 2.64. The fourth-order valence-corrected chi connectivity index (χ4v) is 3.34. The zero-order valence-electron chi connectivity index (χ0n) is 12.1. The molecule has 0 spiro atoms. The summed E-state index contributed by atoms with van der Waals surface area (Å²) in [6.07, 6.45) is 3.44. The zero-order valence-corrected chi connectivity index (χ0v) is 12.9. The van der Waals surface area contributed by atoms with Crippen LogP contribution in [0, 0.1) is 5.92 Å². The molecule has 1 aliphatic heterocycles. The molecule has 1 saturated heterocycles. The van der Waals surface area contributed by atoms with Crippen LogP contribution in [-0.2, 0) is 10.0 Å². The number of nitrogens with two attached hydrogens (primary N) is 1. The van der Waals surface area contributed by atoms with Gasteiger partial charge in [-0.15, -0.1) is 0 Å². The van der Waals surface area contributed by atoms with Gasteiger partial charge in [-0.2, -0.15) is 0 Å². The third-order valence-corrected chi connectivity index (χ3v) is 5.35. The molecule has 5 nitrogen and oxygen atoms in total. The monoisotopic (exact) mass is 297 g/mol. The third-order valence-electron chi connectivity index (χ3n) is 3.94. The van der Waals surface area contributed by atoms with E-state index in [1.54, 1.807) is 18.2 Å². The average molecular weight is 297 g/mol. The van der Waals surface area contributed by atoms with Crippen LogP contribution in [-0.4, -0.2) is 28.6 Å². The molecule has 0 aliphatic carbocycles. The van der Waals surface area contributed by atoms with Crippen molar-refractivity contribution in [3.63, 3.8) is 0 Å². The van der Waals surface area contributed by atoms with Crippen LogP contribution >= 0.6 is 0 Å². The topological polar surface area (TPSA) is 75.4 Å². The molecule has 1 aliphatic rings. The summed E-state index contributed by atoms with van der Waals surface area (Å²) in [7, 11) is -2.01. The quantitative estimate of drug-likeness (QED) is 0.834. The van der Waals surface area contributed by atoms with Crippen LogP contribution in [0.4, 0.5) is 11.4 Å². The van der Waals surface area contributed by atoms with Gasteiger partial charge in [0.25, 0.3) is 0 Å². The highest BCUT2D eigenvalue weighted by atomic mass is 32.2. The van der Waals surface area contributed by atoms with Crippen molar-refractivity contribution >= 4 is 21.4 Å². The van der Waals surface area contributed by atoms with Crippen molar-refractivity contribution in [2.45, 2.75) is 31.1 Å². The summed E-state index contributed by atoms with van der Waals surface area (Å²) in [5.74, 6) is 0.713. The molecule has 3 N–H and O–H groups in total. The van der Waals surface area contributed by atoms with Crippen molar-refractivity contribution in [1.82, 2.24) is 4.72 Å². The van der Waals surface area contributed by atoms with Gasteiger partial charge in [-0.25, -0.2) is 13.1 Å².